The molecule has 2 saturated heterocycles. The van der Waals surface area contributed by atoms with Crippen molar-refractivity contribution in [3.63, 3.8) is 0 Å². The summed E-state index contributed by atoms with van der Waals surface area (Å²) in [6.07, 6.45) is 0.296. The fraction of sp³-hybridized carbons (Fsp3) is 0.600. The number of rotatable bonds is 6. The predicted molar refractivity (Wildman–Crippen MR) is 121 cm³/mol. The minimum absolute atomic E-state index is 0.0753. The molecule has 0 radical (unpaired) electrons. The van der Waals surface area contributed by atoms with Crippen molar-refractivity contribution in [1.82, 2.24) is 15.1 Å². The van der Waals surface area contributed by atoms with Crippen LogP contribution in [-0.4, -0.2) is 71.8 Å². The summed E-state index contributed by atoms with van der Waals surface area (Å²) in [7, 11) is 0. The minimum Gasteiger partial charge on any atom is -0.489 e. The lowest BCUT2D eigenvalue weighted by molar-refractivity contribution is -0.204. The van der Waals surface area contributed by atoms with Crippen LogP contribution in [0.25, 0.3) is 0 Å². The molecule has 1 saturated carbocycles. The first-order valence-electron chi connectivity index (χ1n) is 12.2. The molecule has 10 heteroatoms. The normalized spacial score (nSPS) is 28.0. The van der Waals surface area contributed by atoms with E-state index in [0.717, 1.165) is 31.2 Å². The van der Waals surface area contributed by atoms with Crippen molar-refractivity contribution >= 4 is 11.8 Å². The van der Waals surface area contributed by atoms with Crippen molar-refractivity contribution in [1.29, 1.82) is 0 Å². The standard InChI is InChI=1S/C25H30F3N3O4/c1-15-6-9-21(23(32)29-15)31-11-16-10-17(7-8-19(16)24(31)33)35-22-5-3-2-4-20(22)30-12-18(13-30)34-14-25(26,27)28/h7-8,10,18,20-22H,1-6,9,11-14H2,(H,29,32)/t20-,21?,22-/m0/s1. The molecule has 1 N–H and O–H groups in total. The summed E-state index contributed by atoms with van der Waals surface area (Å²) < 4.78 is 48.6. The largest absolute Gasteiger partial charge is 0.489 e. The van der Waals surface area contributed by atoms with Gasteiger partial charge in [-0.05, 0) is 55.9 Å². The molecule has 1 aromatic carbocycles. The maximum atomic E-state index is 13.0. The zero-order valence-electron chi connectivity index (χ0n) is 19.5. The monoisotopic (exact) mass is 493 g/mol. The second-order valence-electron chi connectivity index (χ2n) is 9.91. The third-order valence-corrected chi connectivity index (χ3v) is 7.39. The minimum atomic E-state index is -4.31. The van der Waals surface area contributed by atoms with E-state index in [-0.39, 0.29) is 24.0 Å². The van der Waals surface area contributed by atoms with Gasteiger partial charge >= 0.3 is 6.18 Å². The number of hydrogen-bond acceptors (Lipinski definition) is 5. The summed E-state index contributed by atoms with van der Waals surface area (Å²) in [4.78, 5) is 29.1. The van der Waals surface area contributed by atoms with Crippen molar-refractivity contribution in [2.75, 3.05) is 19.7 Å². The van der Waals surface area contributed by atoms with Crippen LogP contribution in [0.3, 0.4) is 0 Å². The molecule has 35 heavy (non-hydrogen) atoms. The number of ether oxygens (including phenoxy) is 2. The van der Waals surface area contributed by atoms with Gasteiger partial charge in [-0.3, -0.25) is 14.5 Å². The number of alkyl halides is 3. The Morgan fingerprint density at radius 3 is 2.63 bits per heavy atom. The van der Waals surface area contributed by atoms with Crippen molar-refractivity contribution in [3.05, 3.63) is 41.6 Å². The lowest BCUT2D eigenvalue weighted by Crippen LogP contribution is -2.61. The molecule has 1 unspecified atom stereocenters. The first kappa shape index (κ1) is 24.1. The molecule has 0 spiro atoms. The van der Waals surface area contributed by atoms with Crippen molar-refractivity contribution in [3.8, 4) is 5.75 Å². The summed E-state index contributed by atoms with van der Waals surface area (Å²) in [6.45, 7) is 3.89. The number of nitrogens with zero attached hydrogens (tertiary/aromatic N) is 2. The molecule has 0 bridgehead atoms. The molecule has 3 aliphatic heterocycles. The SMILES string of the molecule is C=C1CCC(N2Cc3cc(O[C@H]4CCCC[C@@H]4N4CC(OCC(F)(F)F)C4)ccc3C2=O)C(=O)N1. The Bertz CT molecular complexity index is 1010. The molecular weight excluding hydrogens is 463 g/mol. The summed E-state index contributed by atoms with van der Waals surface area (Å²) in [5, 5.41) is 2.74. The predicted octanol–water partition coefficient (Wildman–Crippen LogP) is 3.39. The van der Waals surface area contributed by atoms with Gasteiger partial charge in [0.2, 0.25) is 5.91 Å². The van der Waals surface area contributed by atoms with Gasteiger partial charge in [0.25, 0.3) is 5.91 Å². The molecule has 2 amide bonds. The summed E-state index contributed by atoms with van der Waals surface area (Å²) in [5.41, 5.74) is 2.09. The van der Waals surface area contributed by atoms with E-state index in [2.05, 4.69) is 16.8 Å². The number of piperidine rings is 1. The Hall–Kier alpha value is -2.59. The van der Waals surface area contributed by atoms with Gasteiger partial charge in [-0.25, -0.2) is 0 Å². The number of benzene rings is 1. The van der Waals surface area contributed by atoms with E-state index in [1.165, 1.54) is 0 Å². The smallest absolute Gasteiger partial charge is 0.411 e. The van der Waals surface area contributed by atoms with Crippen molar-refractivity contribution < 1.29 is 32.2 Å². The van der Waals surface area contributed by atoms with Gasteiger partial charge in [0.1, 0.15) is 24.5 Å². The number of hydrogen-bond donors (Lipinski definition) is 1. The highest BCUT2D eigenvalue weighted by atomic mass is 19.4. The zero-order valence-corrected chi connectivity index (χ0v) is 19.5. The van der Waals surface area contributed by atoms with Crippen LogP contribution in [0.1, 0.15) is 54.4 Å². The molecule has 0 aromatic heterocycles. The lowest BCUT2D eigenvalue weighted by atomic mass is 9.89. The average molecular weight is 494 g/mol. The molecule has 190 valence electrons. The lowest BCUT2D eigenvalue weighted by Gasteiger charge is -2.48. The highest BCUT2D eigenvalue weighted by Crippen LogP contribution is 2.34. The maximum absolute atomic E-state index is 13.0. The second kappa shape index (κ2) is 9.46. The molecule has 3 heterocycles. The number of likely N-dealkylation sites (tertiary alicyclic amines) is 1. The quantitative estimate of drug-likeness (QED) is 0.658. The van der Waals surface area contributed by atoms with Crippen LogP contribution in [0.15, 0.2) is 30.5 Å². The third-order valence-electron chi connectivity index (χ3n) is 7.39. The van der Waals surface area contributed by atoms with E-state index >= 15 is 0 Å². The van der Waals surface area contributed by atoms with E-state index in [9.17, 15) is 22.8 Å². The number of fused-ring (bicyclic) bond motifs is 1. The molecule has 5 rings (SSSR count). The van der Waals surface area contributed by atoms with E-state index in [4.69, 9.17) is 9.47 Å². The average Bonchev–Trinajstić information content (AvgIpc) is 3.08. The van der Waals surface area contributed by atoms with E-state index in [0.29, 0.717) is 49.5 Å². The molecule has 4 aliphatic rings. The van der Waals surface area contributed by atoms with Gasteiger partial charge < -0.3 is 19.7 Å². The Morgan fingerprint density at radius 2 is 1.89 bits per heavy atom. The fourth-order valence-electron chi connectivity index (χ4n) is 5.57. The Morgan fingerprint density at radius 1 is 1.11 bits per heavy atom. The first-order chi connectivity index (χ1) is 16.7. The number of amides is 2. The Labute approximate surface area is 202 Å². The first-order valence-corrected chi connectivity index (χ1v) is 12.2. The number of nitrogens with one attached hydrogen (secondary N) is 1. The van der Waals surface area contributed by atoms with Crippen LogP contribution >= 0.6 is 0 Å². The highest BCUT2D eigenvalue weighted by molar-refractivity contribution is 6.01. The third kappa shape index (κ3) is 5.18. The van der Waals surface area contributed by atoms with Crippen LogP contribution in [-0.2, 0) is 16.1 Å². The van der Waals surface area contributed by atoms with Gasteiger partial charge in [-0.15, -0.1) is 0 Å². The van der Waals surface area contributed by atoms with Gasteiger partial charge in [-0.1, -0.05) is 13.0 Å². The highest BCUT2D eigenvalue weighted by Gasteiger charge is 2.41. The van der Waals surface area contributed by atoms with Gasteiger partial charge in [0.05, 0.1) is 6.10 Å². The fourth-order valence-corrected chi connectivity index (χ4v) is 5.57. The Kier molecular flexibility index (Phi) is 6.52. The van der Waals surface area contributed by atoms with Gasteiger partial charge in [0, 0.05) is 36.9 Å². The van der Waals surface area contributed by atoms with Crippen molar-refractivity contribution in [2.24, 2.45) is 0 Å². The number of halogens is 3. The molecule has 1 aliphatic carbocycles. The Balaban J connectivity index is 1.21. The second-order valence-corrected chi connectivity index (χ2v) is 9.91. The summed E-state index contributed by atoms with van der Waals surface area (Å²) in [5.74, 6) is 0.318. The molecule has 7 nitrogen and oxygen atoms in total. The molecule has 3 atom stereocenters. The van der Waals surface area contributed by atoms with Crippen LogP contribution in [0.5, 0.6) is 5.75 Å². The summed E-state index contributed by atoms with van der Waals surface area (Å²) in [6, 6.07) is 5.05. The number of carbonyl (C=O) groups is 2. The van der Waals surface area contributed by atoms with Crippen molar-refractivity contribution in [2.45, 2.75) is 75.5 Å². The maximum Gasteiger partial charge on any atom is 0.411 e. The van der Waals surface area contributed by atoms with Gasteiger partial charge in [-0.2, -0.15) is 13.2 Å². The number of carbonyl (C=O) groups excluding carboxylic acids is 2. The molecule has 1 aromatic rings. The summed E-state index contributed by atoms with van der Waals surface area (Å²) >= 11 is 0. The zero-order chi connectivity index (χ0) is 24.7. The van der Waals surface area contributed by atoms with Crippen LogP contribution in [0.4, 0.5) is 13.2 Å². The van der Waals surface area contributed by atoms with E-state index < -0.39 is 24.9 Å². The van der Waals surface area contributed by atoms with Crippen LogP contribution < -0.4 is 10.1 Å². The van der Waals surface area contributed by atoms with Crippen LogP contribution in [0, 0.1) is 0 Å². The van der Waals surface area contributed by atoms with E-state index in [1.54, 1.807) is 17.0 Å². The topological polar surface area (TPSA) is 71.1 Å². The number of allylic oxidation sites excluding steroid dienone is 1. The molecular formula is C25H30F3N3O4. The van der Waals surface area contributed by atoms with Gasteiger partial charge in [0.15, 0.2) is 0 Å². The van der Waals surface area contributed by atoms with Crippen LogP contribution in [0.2, 0.25) is 0 Å². The molecule has 3 fully saturated rings. The van der Waals surface area contributed by atoms with E-state index in [1.807, 2.05) is 6.07 Å².